The normalized spacial score (nSPS) is 54.5. The van der Waals surface area contributed by atoms with Crippen LogP contribution in [-0.4, -0.2) is 22.5 Å². The summed E-state index contributed by atoms with van der Waals surface area (Å²) in [6.45, 7) is 6.63. The summed E-state index contributed by atoms with van der Waals surface area (Å²) in [6, 6.07) is 0. The summed E-state index contributed by atoms with van der Waals surface area (Å²) in [5.74, 6) is 4.08. The summed E-state index contributed by atoms with van der Waals surface area (Å²) in [5, 5.41) is 12.7. The van der Waals surface area contributed by atoms with Gasteiger partial charge >= 0.3 is 5.97 Å². The minimum Gasteiger partial charge on any atom is -0.451 e. The molecule has 1 aliphatic heterocycles. The van der Waals surface area contributed by atoms with Crippen molar-refractivity contribution < 1.29 is 14.7 Å². The van der Waals surface area contributed by atoms with Gasteiger partial charge in [-0.2, -0.15) is 0 Å². The predicted octanol–water partition coefficient (Wildman–Crippen LogP) is 4.51. The summed E-state index contributed by atoms with van der Waals surface area (Å²) in [4.78, 5) is 12.1. The Bertz CT molecular complexity index is 856. The summed E-state index contributed by atoms with van der Waals surface area (Å²) in [6.07, 6.45) is 14.7. The SMILES string of the molecule is C=C[C@@H]1CC2=C/C(=N/O)CC[C@@H]2C2CC[C@@]3(C)C(C21)[C@H]1C[C@H]1[C@@]31C=CC(=O)O1. The second kappa shape index (κ2) is 5.40. The topological polar surface area (TPSA) is 58.9 Å². The van der Waals surface area contributed by atoms with Crippen LogP contribution in [-0.2, 0) is 9.53 Å². The Morgan fingerprint density at radius 2 is 2.21 bits per heavy atom. The van der Waals surface area contributed by atoms with Gasteiger partial charge in [0.25, 0.3) is 0 Å². The lowest BCUT2D eigenvalue weighted by atomic mass is 9.47. The van der Waals surface area contributed by atoms with Gasteiger partial charge in [-0.05, 0) is 86.2 Å². The first kappa shape index (κ1) is 17.1. The molecule has 0 aromatic heterocycles. The lowest BCUT2D eigenvalue weighted by molar-refractivity contribution is -0.169. The van der Waals surface area contributed by atoms with E-state index in [9.17, 15) is 10.0 Å². The van der Waals surface area contributed by atoms with E-state index in [1.807, 2.05) is 0 Å². The van der Waals surface area contributed by atoms with E-state index in [1.54, 1.807) is 6.08 Å². The number of hydrogen-bond acceptors (Lipinski definition) is 4. The van der Waals surface area contributed by atoms with Crippen LogP contribution in [0.2, 0.25) is 0 Å². The van der Waals surface area contributed by atoms with E-state index in [2.05, 4.69) is 36.9 Å². The van der Waals surface area contributed by atoms with Gasteiger partial charge in [0.1, 0.15) is 5.60 Å². The minimum atomic E-state index is -0.352. The van der Waals surface area contributed by atoms with E-state index in [0.717, 1.165) is 31.4 Å². The Balaban J connectivity index is 1.41. The number of carbonyl (C=O) groups is 1. The fraction of sp³-hybridized carbons (Fsp3) is 0.667. The first-order valence-corrected chi connectivity index (χ1v) is 11.0. The molecule has 148 valence electrons. The Hall–Kier alpha value is -1.84. The third kappa shape index (κ3) is 1.87. The molecule has 4 fully saturated rings. The summed E-state index contributed by atoms with van der Waals surface area (Å²) in [7, 11) is 0. The monoisotopic (exact) mass is 379 g/mol. The van der Waals surface area contributed by atoms with Crippen molar-refractivity contribution in [2.45, 2.75) is 51.0 Å². The third-order valence-electron chi connectivity index (χ3n) is 9.58. The molecule has 0 saturated heterocycles. The number of esters is 1. The molecule has 6 rings (SSSR count). The standard InChI is InChI=1S/C24H29NO3/c1-3-13-10-14-11-15(25-27)4-5-16(14)17-6-8-23(2)22(21(13)17)18-12-19(18)24(23)9-7-20(26)28-24/h3,7,9,11,13,16-19,21-22,27H,1,4-6,8,10,12H2,2H3/b25-15+/t13-,16+,17?,18+,19-,21?,22?,23+,24+/m1/s1. The largest absolute Gasteiger partial charge is 0.451 e. The molecular formula is C24H29NO3. The molecule has 5 aliphatic carbocycles. The maximum absolute atomic E-state index is 12.1. The average Bonchev–Trinajstić information content (AvgIpc) is 3.35. The van der Waals surface area contributed by atoms with E-state index in [-0.39, 0.29) is 17.0 Å². The molecule has 9 atom stereocenters. The maximum atomic E-state index is 12.1. The smallest absolute Gasteiger partial charge is 0.331 e. The van der Waals surface area contributed by atoms with E-state index in [0.29, 0.717) is 41.4 Å². The van der Waals surface area contributed by atoms with Gasteiger partial charge in [-0.15, -0.1) is 6.58 Å². The number of fused-ring (bicyclic) bond motifs is 9. The zero-order chi connectivity index (χ0) is 19.3. The van der Waals surface area contributed by atoms with Gasteiger partial charge in [0.15, 0.2) is 0 Å². The van der Waals surface area contributed by atoms with Crippen molar-refractivity contribution in [1.82, 2.24) is 0 Å². The van der Waals surface area contributed by atoms with Crippen LogP contribution in [0.15, 0.2) is 41.6 Å². The quantitative estimate of drug-likeness (QED) is 0.316. The van der Waals surface area contributed by atoms with Crippen LogP contribution < -0.4 is 0 Å². The molecule has 0 bridgehead atoms. The van der Waals surface area contributed by atoms with E-state index in [4.69, 9.17) is 4.74 Å². The molecule has 6 aliphatic rings. The zero-order valence-electron chi connectivity index (χ0n) is 16.5. The molecule has 4 heteroatoms. The van der Waals surface area contributed by atoms with Crippen LogP contribution in [0.25, 0.3) is 0 Å². The van der Waals surface area contributed by atoms with Crippen LogP contribution in [0.4, 0.5) is 0 Å². The van der Waals surface area contributed by atoms with Gasteiger partial charge in [-0.25, -0.2) is 4.79 Å². The Labute approximate surface area is 166 Å². The molecule has 4 nitrogen and oxygen atoms in total. The highest BCUT2D eigenvalue weighted by Crippen LogP contribution is 2.78. The zero-order valence-corrected chi connectivity index (χ0v) is 16.5. The second-order valence-corrected chi connectivity index (χ2v) is 10.3. The fourth-order valence-electron chi connectivity index (χ4n) is 8.55. The number of carbonyl (C=O) groups excluding carboxylic acids is 1. The summed E-state index contributed by atoms with van der Waals surface area (Å²) < 4.78 is 6.09. The maximum Gasteiger partial charge on any atom is 0.331 e. The average molecular weight is 380 g/mol. The highest BCUT2D eigenvalue weighted by atomic mass is 16.6. The number of allylic oxidation sites excluding steroid dienone is 3. The van der Waals surface area contributed by atoms with Gasteiger partial charge < -0.3 is 9.94 Å². The van der Waals surface area contributed by atoms with Gasteiger partial charge in [0.2, 0.25) is 0 Å². The first-order valence-electron chi connectivity index (χ1n) is 11.0. The van der Waals surface area contributed by atoms with Crippen molar-refractivity contribution in [3.63, 3.8) is 0 Å². The third-order valence-corrected chi connectivity index (χ3v) is 9.58. The number of ether oxygens (including phenoxy) is 1. The van der Waals surface area contributed by atoms with Gasteiger partial charge in [0, 0.05) is 17.4 Å². The van der Waals surface area contributed by atoms with Crippen LogP contribution >= 0.6 is 0 Å². The summed E-state index contributed by atoms with van der Waals surface area (Å²) >= 11 is 0. The molecule has 4 saturated carbocycles. The second-order valence-electron chi connectivity index (χ2n) is 10.3. The lowest BCUT2D eigenvalue weighted by Gasteiger charge is -2.58. The van der Waals surface area contributed by atoms with Crippen LogP contribution in [0.3, 0.4) is 0 Å². The molecule has 1 N–H and O–H groups in total. The van der Waals surface area contributed by atoms with E-state index >= 15 is 0 Å². The molecule has 28 heavy (non-hydrogen) atoms. The lowest BCUT2D eigenvalue weighted by Crippen LogP contribution is -2.56. The highest BCUT2D eigenvalue weighted by molar-refractivity contribution is 5.96. The number of rotatable bonds is 1. The van der Waals surface area contributed by atoms with Crippen LogP contribution in [0.1, 0.15) is 45.4 Å². The van der Waals surface area contributed by atoms with E-state index < -0.39 is 0 Å². The highest BCUT2D eigenvalue weighted by Gasteiger charge is 2.78. The minimum absolute atomic E-state index is 0.0548. The number of oxime groups is 1. The summed E-state index contributed by atoms with van der Waals surface area (Å²) in [5.41, 5.74) is 2.01. The fourth-order valence-corrected chi connectivity index (χ4v) is 8.55. The first-order chi connectivity index (χ1) is 13.5. The molecule has 1 heterocycles. The van der Waals surface area contributed by atoms with Crippen molar-refractivity contribution in [1.29, 1.82) is 0 Å². The van der Waals surface area contributed by atoms with Gasteiger partial charge in [-0.3, -0.25) is 0 Å². The Morgan fingerprint density at radius 1 is 1.36 bits per heavy atom. The van der Waals surface area contributed by atoms with Crippen molar-refractivity contribution >= 4 is 11.7 Å². The van der Waals surface area contributed by atoms with Crippen LogP contribution in [0, 0.1) is 46.8 Å². The van der Waals surface area contributed by atoms with Gasteiger partial charge in [-0.1, -0.05) is 23.7 Å². The number of hydrogen-bond donors (Lipinski definition) is 1. The molecule has 3 unspecified atom stereocenters. The molecule has 0 amide bonds. The van der Waals surface area contributed by atoms with Crippen molar-refractivity contribution in [3.05, 3.63) is 36.5 Å². The molecule has 1 spiro atoms. The predicted molar refractivity (Wildman–Crippen MR) is 106 cm³/mol. The molecule has 0 aromatic rings. The molecule has 0 aromatic carbocycles. The molecule has 0 radical (unpaired) electrons. The Kier molecular flexibility index (Phi) is 3.29. The van der Waals surface area contributed by atoms with E-state index in [1.165, 1.54) is 18.4 Å². The molecular weight excluding hydrogens is 350 g/mol. The Morgan fingerprint density at radius 3 is 2.93 bits per heavy atom. The van der Waals surface area contributed by atoms with Crippen LogP contribution in [0.5, 0.6) is 0 Å². The van der Waals surface area contributed by atoms with Crippen molar-refractivity contribution in [3.8, 4) is 0 Å². The van der Waals surface area contributed by atoms with Gasteiger partial charge in [0.05, 0.1) is 5.71 Å². The van der Waals surface area contributed by atoms with Crippen molar-refractivity contribution in [2.75, 3.05) is 0 Å². The number of nitrogens with zero attached hydrogens (tertiary/aromatic N) is 1. The van der Waals surface area contributed by atoms with Crippen molar-refractivity contribution in [2.24, 2.45) is 52.0 Å².